The molecule has 2 rings (SSSR count). The average Bonchev–Trinajstić information content (AvgIpc) is 2.72. The first kappa shape index (κ1) is 12.3. The van der Waals surface area contributed by atoms with Gasteiger partial charge in [0.15, 0.2) is 5.69 Å². The number of carbonyl (C=O) groups excluding carboxylic acids is 1. The number of hydrogen-bond acceptors (Lipinski definition) is 5. The van der Waals surface area contributed by atoms with Gasteiger partial charge in [-0.2, -0.15) is 11.8 Å². The first-order chi connectivity index (χ1) is 8.22. The van der Waals surface area contributed by atoms with Crippen LogP contribution < -0.4 is 5.73 Å². The molecule has 1 aromatic rings. The van der Waals surface area contributed by atoms with Gasteiger partial charge in [0, 0.05) is 6.54 Å². The van der Waals surface area contributed by atoms with Gasteiger partial charge in [0.2, 0.25) is 0 Å². The fraction of sp³-hybridized carbons (Fsp3) is 0.636. The number of nitrogens with two attached hydrogens (primary N) is 1. The van der Waals surface area contributed by atoms with E-state index in [1.165, 1.54) is 31.5 Å². The monoisotopic (exact) mass is 255 g/mol. The van der Waals surface area contributed by atoms with E-state index in [2.05, 4.69) is 9.72 Å². The molecule has 1 fully saturated rings. The van der Waals surface area contributed by atoms with Gasteiger partial charge in [-0.05, 0) is 30.3 Å². The minimum absolute atomic E-state index is 0.220. The molecule has 1 saturated heterocycles. The van der Waals surface area contributed by atoms with Crippen molar-refractivity contribution in [2.45, 2.75) is 19.4 Å². The van der Waals surface area contributed by atoms with Crippen molar-refractivity contribution in [3.8, 4) is 0 Å². The summed E-state index contributed by atoms with van der Waals surface area (Å²) in [5.41, 5.74) is 6.11. The van der Waals surface area contributed by atoms with Gasteiger partial charge in [-0.3, -0.25) is 0 Å². The van der Waals surface area contributed by atoms with Crippen molar-refractivity contribution in [2.24, 2.45) is 5.92 Å². The Kier molecular flexibility index (Phi) is 3.93. The topological polar surface area (TPSA) is 70.1 Å². The van der Waals surface area contributed by atoms with Crippen LogP contribution in [0.3, 0.4) is 0 Å². The Morgan fingerprint density at radius 3 is 3.00 bits per heavy atom. The van der Waals surface area contributed by atoms with Crippen molar-refractivity contribution >= 4 is 23.5 Å². The van der Waals surface area contributed by atoms with E-state index in [-0.39, 0.29) is 5.69 Å². The van der Waals surface area contributed by atoms with Crippen LogP contribution in [0.1, 0.15) is 23.3 Å². The first-order valence-electron chi connectivity index (χ1n) is 5.69. The van der Waals surface area contributed by atoms with Gasteiger partial charge in [0.25, 0.3) is 0 Å². The fourth-order valence-electron chi connectivity index (χ4n) is 2.00. The highest BCUT2D eigenvalue weighted by Gasteiger charge is 2.19. The summed E-state index contributed by atoms with van der Waals surface area (Å²) >= 11 is 2.00. The zero-order valence-electron chi connectivity index (χ0n) is 9.89. The number of nitrogen functional groups attached to an aromatic ring is 1. The Morgan fingerprint density at radius 1 is 1.65 bits per heavy atom. The van der Waals surface area contributed by atoms with Crippen molar-refractivity contribution in [1.29, 1.82) is 0 Å². The number of methoxy groups -OCH3 is 1. The summed E-state index contributed by atoms with van der Waals surface area (Å²) in [6, 6.07) is 0. The van der Waals surface area contributed by atoms with Gasteiger partial charge in [-0.15, -0.1) is 0 Å². The number of nitrogens with zero attached hydrogens (tertiary/aromatic N) is 2. The number of anilines is 1. The molecule has 5 nitrogen and oxygen atoms in total. The maximum Gasteiger partial charge on any atom is 0.360 e. The van der Waals surface area contributed by atoms with E-state index in [1.54, 1.807) is 6.33 Å². The van der Waals surface area contributed by atoms with Crippen LogP contribution in [0.5, 0.6) is 0 Å². The minimum Gasteiger partial charge on any atom is -0.464 e. The molecule has 0 aromatic carbocycles. The molecular formula is C11H17N3O2S. The second-order valence-corrected chi connectivity index (χ2v) is 5.40. The molecule has 0 atom stereocenters. The molecule has 0 amide bonds. The molecule has 0 aliphatic carbocycles. The van der Waals surface area contributed by atoms with Crippen molar-refractivity contribution in [1.82, 2.24) is 9.55 Å². The molecule has 0 saturated carbocycles. The number of ether oxygens (including phenoxy) is 1. The fourth-order valence-corrected chi connectivity index (χ4v) is 3.20. The maximum atomic E-state index is 11.4. The van der Waals surface area contributed by atoms with E-state index in [1.807, 2.05) is 16.3 Å². The van der Waals surface area contributed by atoms with Gasteiger partial charge >= 0.3 is 5.97 Å². The Labute approximate surface area is 105 Å². The summed E-state index contributed by atoms with van der Waals surface area (Å²) in [4.78, 5) is 15.4. The Bertz CT molecular complexity index is 399. The molecule has 94 valence electrons. The minimum atomic E-state index is -0.472. The van der Waals surface area contributed by atoms with Gasteiger partial charge in [-0.1, -0.05) is 0 Å². The third kappa shape index (κ3) is 2.74. The summed E-state index contributed by atoms with van der Waals surface area (Å²) in [7, 11) is 1.33. The van der Waals surface area contributed by atoms with Crippen LogP contribution in [0.4, 0.5) is 5.82 Å². The quantitative estimate of drug-likeness (QED) is 0.827. The van der Waals surface area contributed by atoms with Crippen LogP contribution in [0.15, 0.2) is 6.33 Å². The summed E-state index contributed by atoms with van der Waals surface area (Å²) in [6.45, 7) is 0.844. The van der Waals surface area contributed by atoms with Gasteiger partial charge in [0.1, 0.15) is 5.82 Å². The Balaban J connectivity index is 2.06. The van der Waals surface area contributed by atoms with E-state index in [0.29, 0.717) is 11.7 Å². The van der Waals surface area contributed by atoms with Crippen molar-refractivity contribution in [3.63, 3.8) is 0 Å². The predicted molar refractivity (Wildman–Crippen MR) is 68.0 cm³/mol. The molecule has 17 heavy (non-hydrogen) atoms. The van der Waals surface area contributed by atoms with Crippen LogP contribution in [-0.2, 0) is 11.3 Å². The molecule has 0 radical (unpaired) electrons. The smallest absolute Gasteiger partial charge is 0.360 e. The molecule has 2 N–H and O–H groups in total. The highest BCUT2D eigenvalue weighted by atomic mass is 32.2. The van der Waals surface area contributed by atoms with Crippen molar-refractivity contribution < 1.29 is 9.53 Å². The number of thioether (sulfide) groups is 1. The second kappa shape index (κ2) is 5.44. The van der Waals surface area contributed by atoms with Crippen molar-refractivity contribution in [2.75, 3.05) is 24.3 Å². The van der Waals surface area contributed by atoms with Gasteiger partial charge in [-0.25, -0.2) is 9.78 Å². The Morgan fingerprint density at radius 2 is 2.35 bits per heavy atom. The van der Waals surface area contributed by atoms with Crippen LogP contribution in [0, 0.1) is 5.92 Å². The van der Waals surface area contributed by atoms with E-state index in [4.69, 9.17) is 5.73 Å². The van der Waals surface area contributed by atoms with E-state index < -0.39 is 5.97 Å². The number of rotatable bonds is 3. The highest BCUT2D eigenvalue weighted by Crippen LogP contribution is 2.25. The zero-order chi connectivity index (χ0) is 12.3. The summed E-state index contributed by atoms with van der Waals surface area (Å²) in [5.74, 6) is 3.00. The normalized spacial score (nSPS) is 17.0. The lowest BCUT2D eigenvalue weighted by molar-refractivity contribution is 0.0596. The molecule has 1 aliphatic rings. The molecule has 0 unspecified atom stereocenters. The highest BCUT2D eigenvalue weighted by molar-refractivity contribution is 7.99. The maximum absolute atomic E-state index is 11.4. The number of imidazole rings is 1. The molecule has 0 bridgehead atoms. The van der Waals surface area contributed by atoms with Crippen molar-refractivity contribution in [3.05, 3.63) is 12.0 Å². The lowest BCUT2D eigenvalue weighted by Crippen LogP contribution is -2.17. The number of hydrogen-bond donors (Lipinski definition) is 1. The largest absolute Gasteiger partial charge is 0.464 e. The summed E-state index contributed by atoms with van der Waals surface area (Å²) in [6.07, 6.45) is 4.04. The molecule has 0 spiro atoms. The average molecular weight is 255 g/mol. The van der Waals surface area contributed by atoms with Crippen LogP contribution in [-0.4, -0.2) is 34.1 Å². The second-order valence-electron chi connectivity index (χ2n) is 4.18. The SMILES string of the molecule is COC(=O)c1ncn(CC2CCSCC2)c1N. The number of aromatic nitrogens is 2. The number of carbonyl (C=O) groups is 1. The first-order valence-corrected chi connectivity index (χ1v) is 6.84. The molecular weight excluding hydrogens is 238 g/mol. The molecule has 1 aromatic heterocycles. The zero-order valence-corrected chi connectivity index (χ0v) is 10.7. The van der Waals surface area contributed by atoms with Crippen LogP contribution in [0.2, 0.25) is 0 Å². The standard InChI is InChI=1S/C11H17N3O2S/c1-16-11(15)9-10(12)14(7-13-9)6-8-2-4-17-5-3-8/h7-8H,2-6,12H2,1H3. The van der Waals surface area contributed by atoms with E-state index in [0.717, 1.165) is 6.54 Å². The number of esters is 1. The third-order valence-electron chi connectivity index (χ3n) is 3.05. The summed E-state index contributed by atoms with van der Waals surface area (Å²) < 4.78 is 6.48. The van der Waals surface area contributed by atoms with Gasteiger partial charge < -0.3 is 15.0 Å². The lowest BCUT2D eigenvalue weighted by atomic mass is 10.0. The van der Waals surface area contributed by atoms with Crippen LogP contribution in [0.25, 0.3) is 0 Å². The van der Waals surface area contributed by atoms with E-state index in [9.17, 15) is 4.79 Å². The summed E-state index contributed by atoms with van der Waals surface area (Å²) in [5, 5.41) is 0. The van der Waals surface area contributed by atoms with Crippen LogP contribution >= 0.6 is 11.8 Å². The molecule has 6 heteroatoms. The molecule has 2 heterocycles. The predicted octanol–water partition coefficient (Wildman–Crippen LogP) is 1.40. The van der Waals surface area contributed by atoms with Gasteiger partial charge in [0.05, 0.1) is 13.4 Å². The third-order valence-corrected chi connectivity index (χ3v) is 4.10. The van der Waals surface area contributed by atoms with E-state index >= 15 is 0 Å². The molecule has 1 aliphatic heterocycles. The Hall–Kier alpha value is -1.17. The lowest BCUT2D eigenvalue weighted by Gasteiger charge is -2.21.